The average Bonchev–Trinajstić information content (AvgIpc) is 3.24. The fourth-order valence-corrected chi connectivity index (χ4v) is 4.15. The predicted molar refractivity (Wildman–Crippen MR) is 115 cm³/mol. The summed E-state index contributed by atoms with van der Waals surface area (Å²) in [5.41, 5.74) is 6.10. The minimum absolute atomic E-state index is 0.0913. The van der Waals surface area contributed by atoms with Crippen molar-refractivity contribution in [3.8, 4) is 11.4 Å². The second kappa shape index (κ2) is 7.72. The molecule has 0 bridgehead atoms. The zero-order valence-corrected chi connectivity index (χ0v) is 17.6. The normalized spacial score (nSPS) is 16.1. The molecule has 4 rings (SSSR count). The molecule has 0 spiro atoms. The molecule has 5 nitrogen and oxygen atoms in total. The number of morpholine rings is 1. The monoisotopic (exact) mass is 380 g/mol. The first-order valence-corrected chi connectivity index (χ1v) is 10.4. The number of fused-ring (bicyclic) bond motifs is 1. The number of H-pyrrole nitrogens is 1. The van der Waals surface area contributed by atoms with Gasteiger partial charge in [0.15, 0.2) is 0 Å². The molecule has 150 valence electrons. The van der Waals surface area contributed by atoms with E-state index in [9.17, 15) is 0 Å². The molecule has 1 fully saturated rings. The summed E-state index contributed by atoms with van der Waals surface area (Å²) in [6.45, 7) is 15.1. The van der Waals surface area contributed by atoms with Gasteiger partial charge in [0.25, 0.3) is 0 Å². The first kappa shape index (κ1) is 19.2. The van der Waals surface area contributed by atoms with Gasteiger partial charge >= 0.3 is 0 Å². The summed E-state index contributed by atoms with van der Waals surface area (Å²) in [5.74, 6) is 0.969. The van der Waals surface area contributed by atoms with Gasteiger partial charge in [0, 0.05) is 48.5 Å². The van der Waals surface area contributed by atoms with Gasteiger partial charge in [-0.3, -0.25) is 4.90 Å². The lowest BCUT2D eigenvalue weighted by Gasteiger charge is -2.27. The minimum atomic E-state index is 0.0913. The van der Waals surface area contributed by atoms with Crippen LogP contribution >= 0.6 is 0 Å². The average molecular weight is 381 g/mol. The van der Waals surface area contributed by atoms with Gasteiger partial charge in [-0.15, -0.1) is 0 Å². The smallest absolute Gasteiger partial charge is 0.140 e. The van der Waals surface area contributed by atoms with E-state index in [0.29, 0.717) is 0 Å². The van der Waals surface area contributed by atoms with Crippen LogP contribution in [0.5, 0.6) is 0 Å². The molecule has 0 amide bonds. The van der Waals surface area contributed by atoms with Crippen molar-refractivity contribution in [3.05, 3.63) is 41.7 Å². The highest BCUT2D eigenvalue weighted by molar-refractivity contribution is 5.79. The van der Waals surface area contributed by atoms with Crippen LogP contribution < -0.4 is 0 Å². The van der Waals surface area contributed by atoms with Crippen LogP contribution in [0, 0.1) is 6.92 Å². The van der Waals surface area contributed by atoms with Gasteiger partial charge < -0.3 is 14.3 Å². The van der Waals surface area contributed by atoms with Crippen molar-refractivity contribution in [1.29, 1.82) is 0 Å². The maximum absolute atomic E-state index is 5.47. The highest BCUT2D eigenvalue weighted by atomic mass is 16.5. The standard InChI is InChI=1S/C23H32N4O/c1-17-18(22-24-19-8-5-6-9-20(19)25-22)16-21(23(2,3)4)27(17)11-7-10-26-12-14-28-15-13-26/h5-6,8-9,16H,7,10-15H2,1-4H3,(H,24,25). The fraction of sp³-hybridized carbons (Fsp3) is 0.522. The number of nitrogens with one attached hydrogen (secondary N) is 1. The molecule has 0 atom stereocenters. The molecule has 0 saturated carbocycles. The van der Waals surface area contributed by atoms with Crippen molar-refractivity contribution >= 4 is 11.0 Å². The molecule has 3 aromatic rings. The van der Waals surface area contributed by atoms with Crippen molar-refractivity contribution in [1.82, 2.24) is 19.4 Å². The van der Waals surface area contributed by atoms with Gasteiger partial charge in [0.1, 0.15) is 5.82 Å². The molecular formula is C23H32N4O. The molecule has 1 saturated heterocycles. The molecule has 1 aromatic carbocycles. The first-order valence-electron chi connectivity index (χ1n) is 10.4. The van der Waals surface area contributed by atoms with Gasteiger partial charge in [0.2, 0.25) is 0 Å². The summed E-state index contributed by atoms with van der Waals surface area (Å²) in [7, 11) is 0. The molecule has 0 radical (unpaired) electrons. The van der Waals surface area contributed by atoms with Gasteiger partial charge in [-0.2, -0.15) is 0 Å². The Kier molecular flexibility index (Phi) is 5.30. The molecular weight excluding hydrogens is 348 g/mol. The number of aromatic amines is 1. The summed E-state index contributed by atoms with van der Waals surface area (Å²) in [5, 5.41) is 0. The second-order valence-electron chi connectivity index (χ2n) is 8.84. The van der Waals surface area contributed by atoms with Crippen LogP contribution in [0.3, 0.4) is 0 Å². The number of hydrogen-bond donors (Lipinski definition) is 1. The van der Waals surface area contributed by atoms with E-state index in [-0.39, 0.29) is 5.41 Å². The summed E-state index contributed by atoms with van der Waals surface area (Å²) >= 11 is 0. The van der Waals surface area contributed by atoms with Gasteiger partial charge in [-0.1, -0.05) is 32.9 Å². The summed E-state index contributed by atoms with van der Waals surface area (Å²) in [4.78, 5) is 10.9. The summed E-state index contributed by atoms with van der Waals surface area (Å²) < 4.78 is 7.97. The lowest BCUT2D eigenvalue weighted by atomic mass is 9.92. The Labute approximate surface area is 167 Å². The minimum Gasteiger partial charge on any atom is -0.379 e. The third-order valence-electron chi connectivity index (χ3n) is 5.74. The Balaban J connectivity index is 1.61. The van der Waals surface area contributed by atoms with E-state index >= 15 is 0 Å². The van der Waals surface area contributed by atoms with Crippen LogP contribution in [0.25, 0.3) is 22.4 Å². The van der Waals surface area contributed by atoms with Crippen molar-refractivity contribution in [2.45, 2.75) is 46.1 Å². The third-order valence-corrected chi connectivity index (χ3v) is 5.74. The van der Waals surface area contributed by atoms with E-state index in [1.807, 2.05) is 6.07 Å². The zero-order valence-electron chi connectivity index (χ0n) is 17.6. The topological polar surface area (TPSA) is 46.1 Å². The molecule has 2 aromatic heterocycles. The fourth-order valence-electron chi connectivity index (χ4n) is 4.15. The third kappa shape index (κ3) is 3.87. The number of aromatic nitrogens is 3. The van der Waals surface area contributed by atoms with Crippen molar-refractivity contribution in [2.75, 3.05) is 32.8 Å². The van der Waals surface area contributed by atoms with Crippen molar-refractivity contribution in [3.63, 3.8) is 0 Å². The Hall–Kier alpha value is -2.11. The highest BCUT2D eigenvalue weighted by Gasteiger charge is 2.24. The second-order valence-corrected chi connectivity index (χ2v) is 8.84. The van der Waals surface area contributed by atoms with Gasteiger partial charge in [0.05, 0.1) is 24.2 Å². The van der Waals surface area contributed by atoms with E-state index in [1.165, 1.54) is 17.0 Å². The molecule has 28 heavy (non-hydrogen) atoms. The Morgan fingerprint density at radius 3 is 2.57 bits per heavy atom. The van der Waals surface area contributed by atoms with E-state index in [0.717, 1.165) is 62.7 Å². The van der Waals surface area contributed by atoms with Gasteiger partial charge in [-0.25, -0.2) is 4.98 Å². The Bertz CT molecular complexity index is 908. The van der Waals surface area contributed by atoms with Crippen LogP contribution in [-0.4, -0.2) is 52.3 Å². The maximum atomic E-state index is 5.47. The van der Waals surface area contributed by atoms with E-state index in [1.54, 1.807) is 0 Å². The van der Waals surface area contributed by atoms with E-state index in [4.69, 9.17) is 9.72 Å². The number of imidazole rings is 1. The summed E-state index contributed by atoms with van der Waals surface area (Å²) in [6, 6.07) is 10.6. The van der Waals surface area contributed by atoms with Crippen LogP contribution in [0.15, 0.2) is 30.3 Å². The highest BCUT2D eigenvalue weighted by Crippen LogP contribution is 2.33. The molecule has 0 unspecified atom stereocenters. The van der Waals surface area contributed by atoms with Crippen LogP contribution in [0.1, 0.15) is 38.6 Å². The number of benzene rings is 1. The quantitative estimate of drug-likeness (QED) is 0.715. The van der Waals surface area contributed by atoms with E-state index in [2.05, 4.69) is 66.4 Å². The molecule has 5 heteroatoms. The van der Waals surface area contributed by atoms with Crippen LogP contribution in [-0.2, 0) is 16.7 Å². The molecule has 1 aliphatic rings. The van der Waals surface area contributed by atoms with Crippen molar-refractivity contribution < 1.29 is 4.74 Å². The molecule has 3 heterocycles. The molecule has 0 aliphatic carbocycles. The zero-order chi connectivity index (χ0) is 19.7. The molecule has 1 N–H and O–H groups in total. The number of hydrogen-bond acceptors (Lipinski definition) is 3. The molecule has 1 aliphatic heterocycles. The maximum Gasteiger partial charge on any atom is 0.140 e. The number of rotatable bonds is 5. The van der Waals surface area contributed by atoms with E-state index < -0.39 is 0 Å². The van der Waals surface area contributed by atoms with Crippen LogP contribution in [0.2, 0.25) is 0 Å². The van der Waals surface area contributed by atoms with Crippen LogP contribution in [0.4, 0.5) is 0 Å². The predicted octanol–water partition coefficient (Wildman–Crippen LogP) is 4.36. The largest absolute Gasteiger partial charge is 0.379 e. The lowest BCUT2D eigenvalue weighted by molar-refractivity contribution is 0.0369. The number of ether oxygens (including phenoxy) is 1. The summed E-state index contributed by atoms with van der Waals surface area (Å²) in [6.07, 6.45) is 1.15. The lowest BCUT2D eigenvalue weighted by Crippen LogP contribution is -2.37. The SMILES string of the molecule is Cc1c(-c2nc3ccccc3[nH]2)cc(C(C)(C)C)n1CCCN1CCOCC1. The van der Waals surface area contributed by atoms with Gasteiger partial charge in [-0.05, 0) is 31.5 Å². The number of para-hydroxylation sites is 2. The first-order chi connectivity index (χ1) is 13.4. The Morgan fingerprint density at radius 2 is 1.86 bits per heavy atom. The Morgan fingerprint density at radius 1 is 1.11 bits per heavy atom. The van der Waals surface area contributed by atoms with Crippen molar-refractivity contribution in [2.24, 2.45) is 0 Å². The number of nitrogens with zero attached hydrogens (tertiary/aromatic N) is 3.